The van der Waals surface area contributed by atoms with E-state index in [1.54, 1.807) is 7.11 Å². The molecule has 0 aliphatic heterocycles. The van der Waals surface area contributed by atoms with Gasteiger partial charge >= 0.3 is 6.09 Å². The average Bonchev–Trinajstić information content (AvgIpc) is 2.92. The Bertz CT molecular complexity index is 653. The van der Waals surface area contributed by atoms with Crippen LogP contribution in [0.25, 0.3) is 11.1 Å². The molecular formula is C19H21NO3. The van der Waals surface area contributed by atoms with Crippen LogP contribution in [0, 0.1) is 0 Å². The highest BCUT2D eigenvalue weighted by atomic mass is 16.5. The lowest BCUT2D eigenvalue weighted by Gasteiger charge is -2.15. The van der Waals surface area contributed by atoms with Crippen molar-refractivity contribution >= 4 is 6.09 Å². The summed E-state index contributed by atoms with van der Waals surface area (Å²) in [4.78, 5) is 11.9. The number of nitrogens with one attached hydrogen (secondary N) is 1. The van der Waals surface area contributed by atoms with E-state index in [9.17, 15) is 4.79 Å². The van der Waals surface area contributed by atoms with Gasteiger partial charge in [0.1, 0.15) is 6.61 Å². The number of ether oxygens (including phenoxy) is 2. The molecule has 0 fully saturated rings. The fourth-order valence-corrected chi connectivity index (χ4v) is 2.96. The molecule has 1 aliphatic carbocycles. The van der Waals surface area contributed by atoms with E-state index in [1.165, 1.54) is 22.3 Å². The monoisotopic (exact) mass is 311 g/mol. The second kappa shape index (κ2) is 6.84. The molecule has 1 atom stereocenters. The van der Waals surface area contributed by atoms with Crippen molar-refractivity contribution in [3.8, 4) is 11.1 Å². The van der Waals surface area contributed by atoms with Crippen molar-refractivity contribution in [2.75, 3.05) is 20.3 Å². The van der Waals surface area contributed by atoms with Gasteiger partial charge in [-0.15, -0.1) is 0 Å². The largest absolute Gasteiger partial charge is 0.449 e. The first kappa shape index (κ1) is 15.6. The Kier molecular flexibility index (Phi) is 4.63. The Labute approximate surface area is 136 Å². The Morgan fingerprint density at radius 1 is 1.09 bits per heavy atom. The summed E-state index contributed by atoms with van der Waals surface area (Å²) in [6, 6.07) is 16.6. The highest BCUT2D eigenvalue weighted by Crippen LogP contribution is 2.44. The molecule has 2 aromatic rings. The molecule has 0 heterocycles. The summed E-state index contributed by atoms with van der Waals surface area (Å²) in [6.45, 7) is 2.66. The van der Waals surface area contributed by atoms with E-state index in [1.807, 2.05) is 31.2 Å². The zero-order valence-corrected chi connectivity index (χ0v) is 13.4. The average molecular weight is 311 g/mol. The SMILES string of the molecule is CO[C@@H](C)CNC(=O)OCC1c2ccccc2-c2ccccc21. The number of rotatable bonds is 5. The predicted octanol–water partition coefficient (Wildman–Crippen LogP) is 3.56. The molecular weight excluding hydrogens is 290 g/mol. The molecule has 2 aromatic carbocycles. The quantitative estimate of drug-likeness (QED) is 0.918. The van der Waals surface area contributed by atoms with Gasteiger partial charge in [0, 0.05) is 19.6 Å². The number of hydrogen-bond acceptors (Lipinski definition) is 3. The van der Waals surface area contributed by atoms with E-state index in [4.69, 9.17) is 9.47 Å². The first-order valence-electron chi connectivity index (χ1n) is 7.82. The van der Waals surface area contributed by atoms with Crippen LogP contribution >= 0.6 is 0 Å². The summed E-state index contributed by atoms with van der Waals surface area (Å²) in [5.41, 5.74) is 4.88. The number of carbonyl (C=O) groups is 1. The second-order valence-electron chi connectivity index (χ2n) is 5.75. The number of carbonyl (C=O) groups excluding carboxylic acids is 1. The maximum atomic E-state index is 11.9. The summed E-state index contributed by atoms with van der Waals surface area (Å²) in [5, 5.41) is 2.72. The molecule has 4 nitrogen and oxygen atoms in total. The zero-order chi connectivity index (χ0) is 16.2. The van der Waals surface area contributed by atoms with Crippen LogP contribution in [0.15, 0.2) is 48.5 Å². The van der Waals surface area contributed by atoms with E-state index >= 15 is 0 Å². The topological polar surface area (TPSA) is 47.6 Å². The van der Waals surface area contributed by atoms with Crippen molar-refractivity contribution in [3.05, 3.63) is 59.7 Å². The fourth-order valence-electron chi connectivity index (χ4n) is 2.96. The Morgan fingerprint density at radius 2 is 1.65 bits per heavy atom. The fraction of sp³-hybridized carbons (Fsp3) is 0.316. The van der Waals surface area contributed by atoms with Crippen LogP contribution in [0.5, 0.6) is 0 Å². The smallest absolute Gasteiger partial charge is 0.407 e. The third-order valence-corrected chi connectivity index (χ3v) is 4.28. The number of hydrogen-bond donors (Lipinski definition) is 1. The molecule has 1 aliphatic rings. The van der Waals surface area contributed by atoms with Crippen molar-refractivity contribution in [2.45, 2.75) is 18.9 Å². The van der Waals surface area contributed by atoms with Gasteiger partial charge in [-0.2, -0.15) is 0 Å². The molecule has 0 aromatic heterocycles. The normalized spacial score (nSPS) is 14.0. The minimum Gasteiger partial charge on any atom is -0.449 e. The lowest BCUT2D eigenvalue weighted by atomic mass is 9.98. The van der Waals surface area contributed by atoms with Gasteiger partial charge in [-0.05, 0) is 29.2 Å². The molecule has 3 rings (SSSR count). The number of benzene rings is 2. The van der Waals surface area contributed by atoms with E-state index < -0.39 is 6.09 Å². The molecule has 23 heavy (non-hydrogen) atoms. The molecule has 1 N–H and O–H groups in total. The second-order valence-corrected chi connectivity index (χ2v) is 5.75. The number of fused-ring (bicyclic) bond motifs is 3. The first-order valence-corrected chi connectivity index (χ1v) is 7.82. The summed E-state index contributed by atoms with van der Waals surface area (Å²) in [5.74, 6) is 0.0907. The Balaban J connectivity index is 1.70. The third kappa shape index (κ3) is 3.22. The van der Waals surface area contributed by atoms with Crippen molar-refractivity contribution < 1.29 is 14.3 Å². The van der Waals surface area contributed by atoms with Crippen molar-refractivity contribution in [1.29, 1.82) is 0 Å². The standard InChI is InChI=1S/C19H21NO3/c1-13(22-2)11-20-19(21)23-12-18-16-9-5-3-7-14(16)15-8-4-6-10-17(15)18/h3-10,13,18H,11-12H2,1-2H3,(H,20,21)/t13-/m0/s1. The minimum atomic E-state index is -0.407. The lowest BCUT2D eigenvalue weighted by molar-refractivity contribution is 0.105. The van der Waals surface area contributed by atoms with Gasteiger partial charge in [0.15, 0.2) is 0 Å². The van der Waals surface area contributed by atoms with Crippen LogP contribution in [0.4, 0.5) is 4.79 Å². The number of amides is 1. The van der Waals surface area contributed by atoms with E-state index in [2.05, 4.69) is 29.6 Å². The maximum Gasteiger partial charge on any atom is 0.407 e. The third-order valence-electron chi connectivity index (χ3n) is 4.28. The van der Waals surface area contributed by atoms with Crippen LogP contribution in [0.2, 0.25) is 0 Å². The number of methoxy groups -OCH3 is 1. The predicted molar refractivity (Wildman–Crippen MR) is 89.5 cm³/mol. The summed E-state index contributed by atoms with van der Waals surface area (Å²) in [6.07, 6.45) is -0.439. The van der Waals surface area contributed by atoms with Gasteiger partial charge in [0.2, 0.25) is 0 Å². The van der Waals surface area contributed by atoms with Crippen LogP contribution in [-0.2, 0) is 9.47 Å². The molecule has 0 unspecified atom stereocenters. The molecule has 4 heteroatoms. The van der Waals surface area contributed by atoms with Crippen LogP contribution in [-0.4, -0.2) is 32.5 Å². The molecule has 0 saturated carbocycles. The molecule has 120 valence electrons. The van der Waals surface area contributed by atoms with Crippen LogP contribution in [0.3, 0.4) is 0 Å². The Hall–Kier alpha value is -2.33. The van der Waals surface area contributed by atoms with Gasteiger partial charge in [0.25, 0.3) is 0 Å². The Morgan fingerprint density at radius 3 is 2.22 bits per heavy atom. The highest BCUT2D eigenvalue weighted by Gasteiger charge is 2.28. The maximum absolute atomic E-state index is 11.9. The number of alkyl carbamates (subject to hydrolysis) is 1. The van der Waals surface area contributed by atoms with Crippen molar-refractivity contribution in [2.24, 2.45) is 0 Å². The molecule has 0 bridgehead atoms. The van der Waals surface area contributed by atoms with E-state index in [0.29, 0.717) is 13.2 Å². The zero-order valence-electron chi connectivity index (χ0n) is 13.4. The van der Waals surface area contributed by atoms with E-state index in [-0.39, 0.29) is 12.0 Å². The summed E-state index contributed by atoms with van der Waals surface area (Å²) < 4.78 is 10.5. The van der Waals surface area contributed by atoms with Gasteiger partial charge in [-0.25, -0.2) is 4.79 Å². The van der Waals surface area contributed by atoms with Gasteiger partial charge < -0.3 is 14.8 Å². The van der Waals surface area contributed by atoms with Crippen molar-refractivity contribution in [3.63, 3.8) is 0 Å². The molecule has 0 radical (unpaired) electrons. The van der Waals surface area contributed by atoms with Crippen LogP contribution < -0.4 is 5.32 Å². The molecule has 0 spiro atoms. The van der Waals surface area contributed by atoms with Gasteiger partial charge in [0.05, 0.1) is 6.10 Å². The molecule has 1 amide bonds. The van der Waals surface area contributed by atoms with Gasteiger partial charge in [-0.3, -0.25) is 0 Å². The van der Waals surface area contributed by atoms with Crippen molar-refractivity contribution in [1.82, 2.24) is 5.32 Å². The summed E-state index contributed by atoms with van der Waals surface area (Å²) >= 11 is 0. The van der Waals surface area contributed by atoms with E-state index in [0.717, 1.165) is 0 Å². The highest BCUT2D eigenvalue weighted by molar-refractivity contribution is 5.79. The lowest BCUT2D eigenvalue weighted by Crippen LogP contribution is -2.32. The summed E-state index contributed by atoms with van der Waals surface area (Å²) in [7, 11) is 1.62. The molecule has 0 saturated heterocycles. The van der Waals surface area contributed by atoms with Gasteiger partial charge in [-0.1, -0.05) is 48.5 Å². The first-order chi connectivity index (χ1) is 11.2. The van der Waals surface area contributed by atoms with Crippen LogP contribution in [0.1, 0.15) is 24.0 Å². The minimum absolute atomic E-state index is 0.0320.